The number of hydrogen-bond donors (Lipinski definition) is 0. The van der Waals surface area contributed by atoms with Gasteiger partial charge in [0.1, 0.15) is 6.61 Å². The van der Waals surface area contributed by atoms with Crippen LogP contribution >= 0.6 is 0 Å². The van der Waals surface area contributed by atoms with Gasteiger partial charge in [-0.2, -0.15) is 0 Å². The minimum Gasteiger partial charge on any atom is -0.493 e. The Morgan fingerprint density at radius 2 is 2.00 bits per heavy atom. The Balaban J connectivity index is 2.65. The molecule has 1 atom stereocenters. The van der Waals surface area contributed by atoms with Gasteiger partial charge < -0.3 is 14.2 Å². The molecule has 1 unspecified atom stereocenters. The molecule has 0 aromatic heterocycles. The van der Waals surface area contributed by atoms with Gasteiger partial charge in [-0.05, 0) is 30.5 Å². The highest BCUT2D eigenvalue weighted by Gasteiger charge is 2.12. The van der Waals surface area contributed by atoms with E-state index >= 15 is 0 Å². The van der Waals surface area contributed by atoms with Crippen LogP contribution in [0.15, 0.2) is 18.2 Å². The van der Waals surface area contributed by atoms with Gasteiger partial charge in [-0.15, -0.1) is 0 Å². The first-order chi connectivity index (χ1) is 9.62. The van der Waals surface area contributed by atoms with Crippen LogP contribution in [0.1, 0.15) is 39.2 Å². The molecule has 0 aliphatic carbocycles. The number of benzene rings is 1. The maximum absolute atomic E-state index is 11.6. The smallest absolute Gasteiger partial charge is 0.308 e. The molecule has 1 aromatic rings. The van der Waals surface area contributed by atoms with Gasteiger partial charge in [-0.3, -0.25) is 4.79 Å². The molecule has 4 nitrogen and oxygen atoms in total. The fraction of sp³-hybridized carbons (Fsp3) is 0.562. The predicted octanol–water partition coefficient (Wildman–Crippen LogP) is 3.57. The molecule has 0 fully saturated rings. The summed E-state index contributed by atoms with van der Waals surface area (Å²) in [6.07, 6.45) is 1.73. The molecule has 1 rings (SSSR count). The van der Waals surface area contributed by atoms with Crippen molar-refractivity contribution in [3.8, 4) is 11.5 Å². The lowest BCUT2D eigenvalue weighted by atomic mass is 10.1. The van der Waals surface area contributed by atoms with Crippen LogP contribution in [0.2, 0.25) is 0 Å². The van der Waals surface area contributed by atoms with Crippen LogP contribution in [-0.2, 0) is 16.1 Å². The molecular weight excluding hydrogens is 256 g/mol. The molecule has 1 aromatic carbocycles. The van der Waals surface area contributed by atoms with Crippen LogP contribution in [-0.4, -0.2) is 19.7 Å². The van der Waals surface area contributed by atoms with E-state index in [-0.39, 0.29) is 18.5 Å². The van der Waals surface area contributed by atoms with Gasteiger partial charge in [0.25, 0.3) is 0 Å². The molecule has 0 heterocycles. The van der Waals surface area contributed by atoms with Crippen LogP contribution in [0.3, 0.4) is 0 Å². The van der Waals surface area contributed by atoms with Gasteiger partial charge in [0.15, 0.2) is 11.5 Å². The van der Waals surface area contributed by atoms with Gasteiger partial charge >= 0.3 is 5.97 Å². The normalized spacial score (nSPS) is 11.8. The standard InChI is InChI=1S/C16H24O4/c1-5-9-19-14-8-7-13(10-15(14)18-4)11-20-16(17)12(3)6-2/h7-8,10,12H,5-6,9,11H2,1-4H3. The first-order valence-corrected chi connectivity index (χ1v) is 7.08. The van der Waals surface area contributed by atoms with E-state index in [1.165, 1.54) is 0 Å². The predicted molar refractivity (Wildman–Crippen MR) is 78.0 cm³/mol. The molecule has 0 saturated carbocycles. The Bertz CT molecular complexity index is 428. The molecule has 0 N–H and O–H groups in total. The summed E-state index contributed by atoms with van der Waals surface area (Å²) in [7, 11) is 1.60. The van der Waals surface area contributed by atoms with Crippen molar-refractivity contribution in [2.24, 2.45) is 5.92 Å². The van der Waals surface area contributed by atoms with Crippen molar-refractivity contribution < 1.29 is 19.0 Å². The van der Waals surface area contributed by atoms with Gasteiger partial charge in [-0.1, -0.05) is 26.8 Å². The van der Waals surface area contributed by atoms with Crippen LogP contribution in [0.5, 0.6) is 11.5 Å². The van der Waals surface area contributed by atoms with Crippen molar-refractivity contribution >= 4 is 5.97 Å². The lowest BCUT2D eigenvalue weighted by Gasteiger charge is -2.13. The molecule has 20 heavy (non-hydrogen) atoms. The van der Waals surface area contributed by atoms with Gasteiger partial charge in [0, 0.05) is 0 Å². The molecule has 0 aliphatic heterocycles. The SMILES string of the molecule is CCCOc1ccc(COC(=O)C(C)CC)cc1OC. The zero-order valence-electron chi connectivity index (χ0n) is 12.8. The van der Waals surface area contributed by atoms with E-state index < -0.39 is 0 Å². The summed E-state index contributed by atoms with van der Waals surface area (Å²) in [5, 5.41) is 0. The third-order valence-electron chi connectivity index (χ3n) is 3.09. The molecule has 0 aliphatic rings. The summed E-state index contributed by atoms with van der Waals surface area (Å²) in [6, 6.07) is 5.58. The minimum atomic E-state index is -0.169. The van der Waals surface area contributed by atoms with Crippen molar-refractivity contribution in [2.45, 2.75) is 40.2 Å². The summed E-state index contributed by atoms with van der Waals surface area (Å²) < 4.78 is 16.1. The van der Waals surface area contributed by atoms with E-state index in [2.05, 4.69) is 6.92 Å². The minimum absolute atomic E-state index is 0.0657. The molecule has 0 saturated heterocycles. The maximum atomic E-state index is 11.6. The summed E-state index contributed by atoms with van der Waals surface area (Å²) in [5.74, 6) is 1.14. The third kappa shape index (κ3) is 4.76. The maximum Gasteiger partial charge on any atom is 0.308 e. The summed E-state index contributed by atoms with van der Waals surface area (Å²) in [4.78, 5) is 11.6. The summed E-state index contributed by atoms with van der Waals surface area (Å²) >= 11 is 0. The van der Waals surface area contributed by atoms with Crippen LogP contribution < -0.4 is 9.47 Å². The molecule has 0 amide bonds. The Labute approximate surface area is 121 Å². The largest absolute Gasteiger partial charge is 0.493 e. The van der Waals surface area contributed by atoms with Crippen molar-refractivity contribution in [1.29, 1.82) is 0 Å². The highest BCUT2D eigenvalue weighted by atomic mass is 16.5. The molecule has 4 heteroatoms. The second-order valence-corrected chi connectivity index (χ2v) is 4.75. The first-order valence-electron chi connectivity index (χ1n) is 7.08. The number of esters is 1. The Hall–Kier alpha value is -1.71. The molecule has 0 bridgehead atoms. The van der Waals surface area contributed by atoms with Crippen LogP contribution in [0, 0.1) is 5.92 Å². The average molecular weight is 280 g/mol. The zero-order chi connectivity index (χ0) is 15.0. The second-order valence-electron chi connectivity index (χ2n) is 4.75. The second kappa shape index (κ2) is 8.46. The van der Waals surface area contributed by atoms with E-state index in [1.807, 2.05) is 32.0 Å². The van der Waals surface area contributed by atoms with Crippen LogP contribution in [0.25, 0.3) is 0 Å². The van der Waals surface area contributed by atoms with Crippen molar-refractivity contribution in [3.63, 3.8) is 0 Å². The van der Waals surface area contributed by atoms with Crippen molar-refractivity contribution in [1.82, 2.24) is 0 Å². The van der Waals surface area contributed by atoms with E-state index in [9.17, 15) is 4.79 Å². The first kappa shape index (κ1) is 16.3. The molecule has 112 valence electrons. The Morgan fingerprint density at radius 1 is 1.25 bits per heavy atom. The highest BCUT2D eigenvalue weighted by Crippen LogP contribution is 2.28. The lowest BCUT2D eigenvalue weighted by Crippen LogP contribution is -2.13. The zero-order valence-corrected chi connectivity index (χ0v) is 12.8. The number of carbonyl (C=O) groups is 1. The number of ether oxygens (including phenoxy) is 3. The average Bonchev–Trinajstić information content (AvgIpc) is 2.49. The van der Waals surface area contributed by atoms with E-state index in [1.54, 1.807) is 7.11 Å². The monoisotopic (exact) mass is 280 g/mol. The number of rotatable bonds is 8. The van der Waals surface area contributed by atoms with Gasteiger partial charge in [-0.25, -0.2) is 0 Å². The van der Waals surface area contributed by atoms with Gasteiger partial charge in [0.2, 0.25) is 0 Å². The number of methoxy groups -OCH3 is 1. The van der Waals surface area contributed by atoms with Crippen molar-refractivity contribution in [3.05, 3.63) is 23.8 Å². The number of carbonyl (C=O) groups excluding carboxylic acids is 1. The van der Waals surface area contributed by atoms with E-state index in [0.29, 0.717) is 18.1 Å². The summed E-state index contributed by atoms with van der Waals surface area (Å²) in [6.45, 7) is 6.79. The quantitative estimate of drug-likeness (QED) is 0.683. The molecular formula is C16H24O4. The van der Waals surface area contributed by atoms with E-state index in [4.69, 9.17) is 14.2 Å². The lowest BCUT2D eigenvalue weighted by molar-refractivity contribution is -0.149. The van der Waals surface area contributed by atoms with Gasteiger partial charge in [0.05, 0.1) is 19.6 Å². The summed E-state index contributed by atoms with van der Waals surface area (Å²) in [5.41, 5.74) is 0.891. The Kier molecular flexibility index (Phi) is 6.91. The fourth-order valence-corrected chi connectivity index (χ4v) is 1.60. The van der Waals surface area contributed by atoms with Crippen molar-refractivity contribution in [2.75, 3.05) is 13.7 Å². The fourth-order valence-electron chi connectivity index (χ4n) is 1.60. The number of hydrogen-bond acceptors (Lipinski definition) is 4. The third-order valence-corrected chi connectivity index (χ3v) is 3.09. The Morgan fingerprint density at radius 3 is 2.60 bits per heavy atom. The van der Waals surface area contributed by atoms with E-state index in [0.717, 1.165) is 18.4 Å². The topological polar surface area (TPSA) is 44.8 Å². The van der Waals surface area contributed by atoms with Crippen LogP contribution in [0.4, 0.5) is 0 Å². The molecule has 0 radical (unpaired) electrons. The molecule has 0 spiro atoms. The highest BCUT2D eigenvalue weighted by molar-refractivity contribution is 5.71.